The van der Waals surface area contributed by atoms with Crippen molar-refractivity contribution in [2.24, 2.45) is 0 Å². The van der Waals surface area contributed by atoms with E-state index in [1.54, 1.807) is 13.1 Å². The number of aryl methyl sites for hydroxylation is 1. The second-order valence-corrected chi connectivity index (χ2v) is 8.56. The van der Waals surface area contributed by atoms with Crippen LogP contribution in [0.25, 0.3) is 22.6 Å². The van der Waals surface area contributed by atoms with Crippen molar-refractivity contribution in [2.45, 2.75) is 32.2 Å². The standard InChI is InChI=1S/C24H26FN7/c1-15-28-22(26)21-24(29-15)32(23(30-21)19-11-20(25)13-27-12-19)14-16-3-5-17(6-4-16)18-7-9-31(2)10-8-18/h3-6,11-13,18H,7-10,14H2,1-2H3,(H2,26,28,29). The maximum Gasteiger partial charge on any atom is 0.166 e. The van der Waals surface area contributed by atoms with Crippen LogP contribution in [-0.2, 0) is 6.54 Å². The van der Waals surface area contributed by atoms with Crippen molar-refractivity contribution in [3.8, 4) is 11.4 Å². The molecule has 1 fully saturated rings. The van der Waals surface area contributed by atoms with Gasteiger partial charge in [-0.3, -0.25) is 4.98 Å². The fourth-order valence-electron chi connectivity index (χ4n) is 4.46. The van der Waals surface area contributed by atoms with Gasteiger partial charge in [0.15, 0.2) is 17.0 Å². The Kier molecular flexibility index (Phi) is 5.30. The Morgan fingerprint density at radius 2 is 1.81 bits per heavy atom. The van der Waals surface area contributed by atoms with Gasteiger partial charge in [-0.25, -0.2) is 19.3 Å². The first kappa shape index (κ1) is 20.5. The van der Waals surface area contributed by atoms with E-state index in [1.165, 1.54) is 30.7 Å². The maximum atomic E-state index is 13.9. The summed E-state index contributed by atoms with van der Waals surface area (Å²) in [5.41, 5.74) is 10.3. The van der Waals surface area contributed by atoms with Gasteiger partial charge in [0.05, 0.1) is 12.7 Å². The van der Waals surface area contributed by atoms with Gasteiger partial charge in [-0.05, 0) is 63.0 Å². The number of nitrogens with zero attached hydrogens (tertiary/aromatic N) is 6. The van der Waals surface area contributed by atoms with Crippen LogP contribution in [0.4, 0.5) is 10.2 Å². The van der Waals surface area contributed by atoms with Crippen LogP contribution in [0.1, 0.15) is 35.7 Å². The Labute approximate surface area is 186 Å². The van der Waals surface area contributed by atoms with E-state index < -0.39 is 5.82 Å². The lowest BCUT2D eigenvalue weighted by atomic mass is 9.89. The number of halogens is 1. The molecule has 0 saturated carbocycles. The molecule has 1 saturated heterocycles. The van der Waals surface area contributed by atoms with E-state index in [-0.39, 0.29) is 0 Å². The monoisotopic (exact) mass is 431 g/mol. The van der Waals surface area contributed by atoms with E-state index in [0.29, 0.717) is 46.7 Å². The number of hydrogen-bond acceptors (Lipinski definition) is 6. The van der Waals surface area contributed by atoms with E-state index in [2.05, 4.69) is 56.1 Å². The summed E-state index contributed by atoms with van der Waals surface area (Å²) in [6, 6.07) is 10.2. The van der Waals surface area contributed by atoms with Gasteiger partial charge in [0, 0.05) is 11.8 Å². The van der Waals surface area contributed by atoms with Gasteiger partial charge >= 0.3 is 0 Å². The number of imidazole rings is 1. The molecule has 1 aliphatic rings. The highest BCUT2D eigenvalue weighted by Crippen LogP contribution is 2.30. The molecule has 0 atom stereocenters. The highest BCUT2D eigenvalue weighted by atomic mass is 19.1. The van der Waals surface area contributed by atoms with Crippen molar-refractivity contribution >= 4 is 17.0 Å². The molecule has 32 heavy (non-hydrogen) atoms. The first-order valence-electron chi connectivity index (χ1n) is 10.9. The molecule has 164 valence electrons. The molecule has 1 aliphatic heterocycles. The van der Waals surface area contributed by atoms with Crippen LogP contribution >= 0.6 is 0 Å². The number of likely N-dealkylation sites (tertiary alicyclic amines) is 1. The molecule has 7 nitrogen and oxygen atoms in total. The molecule has 0 unspecified atom stereocenters. The molecule has 0 radical (unpaired) electrons. The second kappa shape index (κ2) is 8.27. The minimum Gasteiger partial charge on any atom is -0.382 e. The Balaban J connectivity index is 1.52. The molecule has 1 aromatic carbocycles. The molecular weight excluding hydrogens is 405 g/mol. The average molecular weight is 432 g/mol. The molecule has 5 rings (SSSR count). The predicted molar refractivity (Wildman–Crippen MR) is 123 cm³/mol. The fraction of sp³-hybridized carbons (Fsp3) is 0.333. The summed E-state index contributed by atoms with van der Waals surface area (Å²) in [5.74, 6) is 1.64. The molecule has 0 spiro atoms. The van der Waals surface area contributed by atoms with Crippen molar-refractivity contribution in [3.63, 3.8) is 0 Å². The molecule has 3 aromatic heterocycles. The number of hydrogen-bond donors (Lipinski definition) is 1. The van der Waals surface area contributed by atoms with E-state index in [0.717, 1.165) is 18.7 Å². The van der Waals surface area contributed by atoms with E-state index in [4.69, 9.17) is 5.73 Å². The van der Waals surface area contributed by atoms with Gasteiger partial charge in [0.25, 0.3) is 0 Å². The summed E-state index contributed by atoms with van der Waals surface area (Å²) < 4.78 is 15.9. The van der Waals surface area contributed by atoms with Gasteiger partial charge in [0.1, 0.15) is 17.5 Å². The zero-order valence-electron chi connectivity index (χ0n) is 18.3. The molecule has 2 N–H and O–H groups in total. The smallest absolute Gasteiger partial charge is 0.166 e. The highest BCUT2D eigenvalue weighted by Gasteiger charge is 2.20. The number of fused-ring (bicyclic) bond motifs is 1. The van der Waals surface area contributed by atoms with Crippen molar-refractivity contribution in [1.29, 1.82) is 0 Å². The molecule has 4 aromatic rings. The number of anilines is 1. The van der Waals surface area contributed by atoms with E-state index >= 15 is 0 Å². The molecule has 0 amide bonds. The Morgan fingerprint density at radius 1 is 1.06 bits per heavy atom. The maximum absolute atomic E-state index is 13.9. The van der Waals surface area contributed by atoms with Crippen molar-refractivity contribution in [1.82, 2.24) is 29.4 Å². The van der Waals surface area contributed by atoms with Gasteiger partial charge < -0.3 is 15.2 Å². The number of benzene rings is 1. The van der Waals surface area contributed by atoms with Crippen LogP contribution in [0.3, 0.4) is 0 Å². The first-order valence-corrected chi connectivity index (χ1v) is 10.9. The number of pyridine rings is 1. The van der Waals surface area contributed by atoms with Gasteiger partial charge in [-0.15, -0.1) is 0 Å². The van der Waals surface area contributed by atoms with Crippen molar-refractivity contribution in [2.75, 3.05) is 25.9 Å². The zero-order valence-corrected chi connectivity index (χ0v) is 18.3. The summed E-state index contributed by atoms with van der Waals surface area (Å²) >= 11 is 0. The van der Waals surface area contributed by atoms with Crippen molar-refractivity contribution < 1.29 is 4.39 Å². The van der Waals surface area contributed by atoms with Crippen LogP contribution in [0.2, 0.25) is 0 Å². The molecule has 8 heteroatoms. The number of nitrogen functional groups attached to an aromatic ring is 1. The summed E-state index contributed by atoms with van der Waals surface area (Å²) in [6.45, 7) is 4.61. The summed E-state index contributed by atoms with van der Waals surface area (Å²) in [5, 5.41) is 0. The van der Waals surface area contributed by atoms with Crippen LogP contribution < -0.4 is 5.73 Å². The minimum atomic E-state index is -0.418. The van der Waals surface area contributed by atoms with Gasteiger partial charge in [-0.2, -0.15) is 0 Å². The Bertz CT molecular complexity index is 1260. The SMILES string of the molecule is Cc1nc(N)c2nc(-c3cncc(F)c3)n(Cc3ccc(C4CCN(C)CC4)cc3)c2n1. The minimum absolute atomic E-state index is 0.314. The number of aromatic nitrogens is 5. The third-order valence-electron chi connectivity index (χ3n) is 6.21. The summed E-state index contributed by atoms with van der Waals surface area (Å²) in [6.07, 6.45) is 5.15. The molecule has 4 heterocycles. The molecule has 0 bridgehead atoms. The fourth-order valence-corrected chi connectivity index (χ4v) is 4.46. The van der Waals surface area contributed by atoms with Crippen molar-refractivity contribution in [3.05, 3.63) is 65.5 Å². The Hall–Kier alpha value is -3.39. The molecular formula is C24H26FN7. The zero-order chi connectivity index (χ0) is 22.2. The normalized spacial score (nSPS) is 15.5. The van der Waals surface area contributed by atoms with Crippen LogP contribution in [-0.4, -0.2) is 49.5 Å². The third-order valence-corrected chi connectivity index (χ3v) is 6.21. The lowest BCUT2D eigenvalue weighted by Crippen LogP contribution is -2.29. The quantitative estimate of drug-likeness (QED) is 0.529. The topological polar surface area (TPSA) is 85.8 Å². The largest absolute Gasteiger partial charge is 0.382 e. The lowest BCUT2D eigenvalue weighted by molar-refractivity contribution is 0.255. The molecule has 0 aliphatic carbocycles. The van der Waals surface area contributed by atoms with E-state index in [9.17, 15) is 4.39 Å². The first-order chi connectivity index (χ1) is 15.5. The highest BCUT2D eigenvalue weighted by molar-refractivity contribution is 5.85. The number of nitrogens with two attached hydrogens (primary N) is 1. The van der Waals surface area contributed by atoms with Crippen LogP contribution in [0.5, 0.6) is 0 Å². The van der Waals surface area contributed by atoms with Crippen LogP contribution in [0.15, 0.2) is 42.7 Å². The van der Waals surface area contributed by atoms with Gasteiger partial charge in [0.2, 0.25) is 0 Å². The summed E-state index contributed by atoms with van der Waals surface area (Å²) in [4.78, 5) is 19.9. The van der Waals surface area contributed by atoms with Crippen LogP contribution in [0, 0.1) is 12.7 Å². The number of piperidine rings is 1. The average Bonchev–Trinajstić information content (AvgIpc) is 3.13. The van der Waals surface area contributed by atoms with Gasteiger partial charge in [-0.1, -0.05) is 24.3 Å². The second-order valence-electron chi connectivity index (χ2n) is 8.56. The summed E-state index contributed by atoms with van der Waals surface area (Å²) in [7, 11) is 2.18. The third kappa shape index (κ3) is 3.93. The number of rotatable bonds is 4. The Morgan fingerprint density at radius 3 is 2.53 bits per heavy atom. The lowest BCUT2D eigenvalue weighted by Gasteiger charge is -2.29. The predicted octanol–water partition coefficient (Wildman–Crippen LogP) is 3.78. The van der Waals surface area contributed by atoms with E-state index in [1.807, 2.05) is 4.57 Å².